The summed E-state index contributed by atoms with van der Waals surface area (Å²) in [5.74, 6) is -0.959. The number of methoxy groups -OCH3 is 1. The normalized spacial score (nSPS) is 13.9. The Labute approximate surface area is 209 Å². The maximum absolute atomic E-state index is 14.5. The zero-order valence-electron chi connectivity index (χ0n) is 20.5. The second-order valence-electron chi connectivity index (χ2n) is 9.05. The first kappa shape index (κ1) is 25.5. The lowest BCUT2D eigenvalue weighted by molar-refractivity contribution is -0.147. The van der Waals surface area contributed by atoms with Crippen LogP contribution in [-0.2, 0) is 34.5 Å². The number of ether oxygens (including phenoxy) is 2. The van der Waals surface area contributed by atoms with Gasteiger partial charge in [0.1, 0.15) is 18.5 Å². The van der Waals surface area contributed by atoms with Gasteiger partial charge >= 0.3 is 5.97 Å². The Kier molecular flexibility index (Phi) is 8.45. The van der Waals surface area contributed by atoms with Crippen molar-refractivity contribution in [3.8, 4) is 11.3 Å². The van der Waals surface area contributed by atoms with E-state index in [2.05, 4.69) is 15.7 Å². The monoisotopic (exact) mass is 494 g/mol. The van der Waals surface area contributed by atoms with Gasteiger partial charge in [0.15, 0.2) is 0 Å². The van der Waals surface area contributed by atoms with E-state index in [9.17, 15) is 14.0 Å². The van der Waals surface area contributed by atoms with Crippen LogP contribution in [0.2, 0.25) is 0 Å². The fourth-order valence-corrected chi connectivity index (χ4v) is 3.90. The lowest BCUT2D eigenvalue weighted by Crippen LogP contribution is -2.47. The molecule has 1 aliphatic carbocycles. The van der Waals surface area contributed by atoms with Crippen molar-refractivity contribution in [1.29, 1.82) is 0 Å². The van der Waals surface area contributed by atoms with Gasteiger partial charge < -0.3 is 20.1 Å². The third kappa shape index (κ3) is 6.99. The van der Waals surface area contributed by atoms with Crippen LogP contribution in [0.4, 0.5) is 4.39 Å². The number of aryl methyl sites for hydroxylation is 1. The van der Waals surface area contributed by atoms with Gasteiger partial charge in [0.05, 0.1) is 12.3 Å². The average Bonchev–Trinajstić information content (AvgIpc) is 3.63. The first-order valence-corrected chi connectivity index (χ1v) is 12.0. The van der Waals surface area contributed by atoms with Gasteiger partial charge in [-0.05, 0) is 49.1 Å². The minimum atomic E-state index is -0.713. The van der Waals surface area contributed by atoms with Crippen molar-refractivity contribution in [3.63, 3.8) is 0 Å². The maximum atomic E-state index is 14.5. The van der Waals surface area contributed by atoms with E-state index < -0.39 is 23.7 Å². The van der Waals surface area contributed by atoms with Gasteiger partial charge in [-0.2, -0.15) is 5.10 Å². The highest BCUT2D eigenvalue weighted by Gasteiger charge is 2.26. The number of hydrogen-bond acceptors (Lipinski definition) is 6. The molecule has 0 spiro atoms. The molecule has 8 nitrogen and oxygen atoms in total. The fraction of sp³-hybridized carbons (Fsp3) is 0.370. The molecular weight excluding hydrogens is 463 g/mol. The predicted octanol–water partition coefficient (Wildman–Crippen LogP) is 3.21. The SMILES string of the molecule is COCc1cn(C)nc1-c1cc(F)cc(C(=O)NCC(NCC2CC2)C(=O)OCc2ccccc2)c1. The molecule has 0 bridgehead atoms. The van der Waals surface area contributed by atoms with Crippen LogP contribution in [0.3, 0.4) is 0 Å². The van der Waals surface area contributed by atoms with Gasteiger partial charge in [-0.25, -0.2) is 4.39 Å². The van der Waals surface area contributed by atoms with E-state index in [0.717, 1.165) is 30.0 Å². The predicted molar refractivity (Wildman–Crippen MR) is 132 cm³/mol. The topological polar surface area (TPSA) is 94.5 Å². The van der Waals surface area contributed by atoms with Crippen LogP contribution in [0.15, 0.2) is 54.7 Å². The van der Waals surface area contributed by atoms with Gasteiger partial charge in [0.25, 0.3) is 5.91 Å². The number of hydrogen-bond donors (Lipinski definition) is 2. The van der Waals surface area contributed by atoms with Crippen LogP contribution in [0, 0.1) is 11.7 Å². The molecule has 190 valence electrons. The van der Waals surface area contributed by atoms with Crippen LogP contribution in [0.25, 0.3) is 11.3 Å². The number of aromatic nitrogens is 2. The molecule has 0 radical (unpaired) electrons. The average molecular weight is 495 g/mol. The van der Waals surface area contributed by atoms with Gasteiger partial charge in [-0.3, -0.25) is 14.3 Å². The minimum absolute atomic E-state index is 0.0174. The van der Waals surface area contributed by atoms with E-state index in [1.165, 1.54) is 6.07 Å². The zero-order chi connectivity index (χ0) is 25.5. The number of rotatable bonds is 12. The van der Waals surface area contributed by atoms with E-state index >= 15 is 0 Å². The van der Waals surface area contributed by atoms with Crippen LogP contribution < -0.4 is 10.6 Å². The molecule has 1 heterocycles. The molecule has 3 aromatic rings. The molecule has 1 saturated carbocycles. The lowest BCUT2D eigenvalue weighted by Gasteiger charge is -2.18. The molecule has 1 atom stereocenters. The summed E-state index contributed by atoms with van der Waals surface area (Å²) in [4.78, 5) is 25.7. The molecule has 0 aliphatic heterocycles. The second-order valence-corrected chi connectivity index (χ2v) is 9.05. The summed E-state index contributed by atoms with van der Waals surface area (Å²) in [6, 6.07) is 12.8. The van der Waals surface area contributed by atoms with Crippen LogP contribution >= 0.6 is 0 Å². The van der Waals surface area contributed by atoms with Crippen molar-refractivity contribution in [2.75, 3.05) is 20.2 Å². The highest BCUT2D eigenvalue weighted by Crippen LogP contribution is 2.28. The molecule has 1 unspecified atom stereocenters. The first-order valence-electron chi connectivity index (χ1n) is 12.0. The quantitative estimate of drug-likeness (QED) is 0.376. The number of benzene rings is 2. The molecule has 2 aromatic carbocycles. The number of nitrogens with zero attached hydrogens (tertiary/aromatic N) is 2. The summed E-state index contributed by atoms with van der Waals surface area (Å²) in [6.45, 7) is 1.15. The third-order valence-electron chi connectivity index (χ3n) is 5.96. The molecule has 1 amide bonds. The molecule has 1 fully saturated rings. The number of carbonyl (C=O) groups is 2. The van der Waals surface area contributed by atoms with E-state index in [0.29, 0.717) is 30.3 Å². The fourth-order valence-electron chi connectivity index (χ4n) is 3.90. The van der Waals surface area contributed by atoms with Crippen molar-refractivity contribution in [3.05, 3.63) is 77.2 Å². The molecule has 36 heavy (non-hydrogen) atoms. The number of halogens is 1. The van der Waals surface area contributed by atoms with Crippen molar-refractivity contribution >= 4 is 11.9 Å². The van der Waals surface area contributed by atoms with E-state index in [1.807, 2.05) is 30.3 Å². The first-order chi connectivity index (χ1) is 17.4. The second kappa shape index (κ2) is 11.9. The Balaban J connectivity index is 1.43. The Bertz CT molecular complexity index is 1190. The van der Waals surface area contributed by atoms with Crippen LogP contribution in [0.5, 0.6) is 0 Å². The van der Waals surface area contributed by atoms with Gasteiger partial charge in [0.2, 0.25) is 0 Å². The number of esters is 1. The number of carbonyl (C=O) groups excluding carboxylic acids is 2. The Morgan fingerprint density at radius 3 is 2.67 bits per heavy atom. The molecular formula is C27H31FN4O4. The van der Waals surface area contributed by atoms with Crippen molar-refractivity contribution in [2.45, 2.75) is 32.1 Å². The third-order valence-corrected chi connectivity index (χ3v) is 5.96. The summed E-state index contributed by atoms with van der Waals surface area (Å²) < 4.78 is 26.8. The van der Waals surface area contributed by atoms with Crippen molar-refractivity contribution in [2.24, 2.45) is 13.0 Å². The van der Waals surface area contributed by atoms with Gasteiger partial charge in [-0.15, -0.1) is 0 Å². The number of amides is 1. The highest BCUT2D eigenvalue weighted by molar-refractivity contribution is 5.95. The van der Waals surface area contributed by atoms with Crippen molar-refractivity contribution in [1.82, 2.24) is 20.4 Å². The Morgan fingerprint density at radius 1 is 1.17 bits per heavy atom. The lowest BCUT2D eigenvalue weighted by atomic mass is 10.0. The maximum Gasteiger partial charge on any atom is 0.325 e. The summed E-state index contributed by atoms with van der Waals surface area (Å²) in [7, 11) is 3.33. The largest absolute Gasteiger partial charge is 0.460 e. The summed E-state index contributed by atoms with van der Waals surface area (Å²) in [5.41, 5.74) is 2.81. The molecule has 9 heteroatoms. The molecule has 2 N–H and O–H groups in total. The molecule has 0 saturated heterocycles. The van der Waals surface area contributed by atoms with Crippen LogP contribution in [-0.4, -0.2) is 47.9 Å². The summed E-state index contributed by atoms with van der Waals surface area (Å²) >= 11 is 0. The highest BCUT2D eigenvalue weighted by atomic mass is 19.1. The number of nitrogens with one attached hydrogen (secondary N) is 2. The molecule has 4 rings (SSSR count). The Morgan fingerprint density at radius 2 is 1.94 bits per heavy atom. The molecule has 1 aliphatic rings. The molecule has 1 aromatic heterocycles. The Hall–Kier alpha value is -3.56. The summed E-state index contributed by atoms with van der Waals surface area (Å²) in [6.07, 6.45) is 4.03. The van der Waals surface area contributed by atoms with Crippen LogP contribution in [0.1, 0.15) is 34.3 Å². The van der Waals surface area contributed by atoms with E-state index in [1.54, 1.807) is 31.1 Å². The summed E-state index contributed by atoms with van der Waals surface area (Å²) in [5, 5.41) is 10.4. The smallest absolute Gasteiger partial charge is 0.325 e. The van der Waals surface area contributed by atoms with Crippen molar-refractivity contribution < 1.29 is 23.5 Å². The van der Waals surface area contributed by atoms with Gasteiger partial charge in [0, 0.05) is 43.6 Å². The van der Waals surface area contributed by atoms with E-state index in [4.69, 9.17) is 9.47 Å². The standard InChI is InChI=1S/C27H31FN4O4/c1-32-15-22(17-35-2)25(31-32)20-10-21(12-23(28)11-20)26(33)30-14-24(29-13-18-8-9-18)27(34)36-16-19-6-4-3-5-7-19/h3-7,10-12,15,18,24,29H,8-9,13-14,16-17H2,1-2H3,(H,30,33). The van der Waals surface area contributed by atoms with E-state index in [-0.39, 0.29) is 18.7 Å². The zero-order valence-corrected chi connectivity index (χ0v) is 20.5. The van der Waals surface area contributed by atoms with Gasteiger partial charge in [-0.1, -0.05) is 30.3 Å². The minimum Gasteiger partial charge on any atom is -0.460 e.